The molecule has 0 unspecified atom stereocenters. The molecule has 0 aliphatic heterocycles. The topological polar surface area (TPSA) is 55.1 Å². The zero-order chi connectivity index (χ0) is 13.7. The summed E-state index contributed by atoms with van der Waals surface area (Å²) in [6.07, 6.45) is 5.63. The van der Waals surface area contributed by atoms with E-state index in [9.17, 15) is 4.79 Å². The van der Waals surface area contributed by atoms with Crippen molar-refractivity contribution in [1.29, 1.82) is 0 Å². The fraction of sp³-hybridized carbons (Fsp3) is 0.467. The summed E-state index contributed by atoms with van der Waals surface area (Å²) in [7, 11) is 0. The highest BCUT2D eigenvalue weighted by atomic mass is 32.1. The molecule has 3 N–H and O–H groups in total. The number of nitrogens with two attached hydrogens (primary N) is 1. The Kier molecular flexibility index (Phi) is 4.91. The lowest BCUT2D eigenvalue weighted by Crippen LogP contribution is -2.24. The monoisotopic (exact) mass is 276 g/mol. The maximum absolute atomic E-state index is 11.8. The third kappa shape index (κ3) is 4.31. The maximum atomic E-state index is 11.8. The largest absolute Gasteiger partial charge is 0.389 e. The van der Waals surface area contributed by atoms with Gasteiger partial charge in [-0.25, -0.2) is 0 Å². The summed E-state index contributed by atoms with van der Waals surface area (Å²) >= 11 is 4.90. The second-order valence-electron chi connectivity index (χ2n) is 5.19. The Morgan fingerprint density at radius 1 is 1.26 bits per heavy atom. The van der Waals surface area contributed by atoms with E-state index in [1.54, 1.807) is 0 Å². The van der Waals surface area contributed by atoms with Crippen LogP contribution in [0.4, 0.5) is 0 Å². The molecule has 1 aromatic rings. The van der Waals surface area contributed by atoms with Crippen LogP contribution in [0.3, 0.4) is 0 Å². The first-order valence-corrected chi connectivity index (χ1v) is 7.21. The van der Waals surface area contributed by atoms with Crippen LogP contribution in [0.25, 0.3) is 0 Å². The molecule has 3 nitrogen and oxygen atoms in total. The van der Waals surface area contributed by atoms with Crippen molar-refractivity contribution < 1.29 is 4.79 Å². The van der Waals surface area contributed by atoms with Gasteiger partial charge in [0.05, 0.1) is 0 Å². The lowest BCUT2D eigenvalue weighted by molar-refractivity contribution is -0.122. The summed E-state index contributed by atoms with van der Waals surface area (Å²) in [4.78, 5) is 12.2. The van der Waals surface area contributed by atoms with Crippen molar-refractivity contribution in [2.75, 3.05) is 0 Å². The van der Waals surface area contributed by atoms with Crippen LogP contribution in [0.2, 0.25) is 0 Å². The molecule has 4 heteroatoms. The van der Waals surface area contributed by atoms with Crippen LogP contribution in [0.5, 0.6) is 0 Å². The predicted octanol–water partition coefficient (Wildman–Crippen LogP) is 2.52. The minimum Gasteiger partial charge on any atom is -0.389 e. The summed E-state index contributed by atoms with van der Waals surface area (Å²) in [6, 6.07) is 7.68. The van der Waals surface area contributed by atoms with Crippen molar-refractivity contribution in [1.82, 2.24) is 5.32 Å². The second kappa shape index (κ2) is 6.66. The quantitative estimate of drug-likeness (QED) is 0.813. The Morgan fingerprint density at radius 3 is 2.47 bits per heavy atom. The smallest absolute Gasteiger partial charge is 0.220 e. The van der Waals surface area contributed by atoms with Crippen molar-refractivity contribution in [3.8, 4) is 0 Å². The van der Waals surface area contributed by atoms with Gasteiger partial charge in [-0.3, -0.25) is 4.79 Å². The molecule has 102 valence electrons. The number of amides is 1. The number of thiocarbonyl (C=S) groups is 1. The number of hydrogen-bond acceptors (Lipinski definition) is 2. The van der Waals surface area contributed by atoms with Crippen molar-refractivity contribution in [3.05, 3.63) is 35.4 Å². The zero-order valence-electron chi connectivity index (χ0n) is 11.0. The first kappa shape index (κ1) is 14.0. The van der Waals surface area contributed by atoms with E-state index in [1.165, 1.54) is 25.7 Å². The van der Waals surface area contributed by atoms with Crippen LogP contribution in [0.1, 0.15) is 43.2 Å². The standard InChI is InChI=1S/C15H20N2OS/c16-15(19)13-7-5-12(6-8-13)10-17-14(18)9-11-3-1-2-4-11/h5-8,11H,1-4,9-10H2,(H2,16,19)(H,17,18). The van der Waals surface area contributed by atoms with Gasteiger partial charge in [-0.15, -0.1) is 0 Å². The molecule has 0 bridgehead atoms. The van der Waals surface area contributed by atoms with Crippen LogP contribution in [0.15, 0.2) is 24.3 Å². The summed E-state index contributed by atoms with van der Waals surface area (Å²) in [5, 5.41) is 2.97. The van der Waals surface area contributed by atoms with E-state index >= 15 is 0 Å². The predicted molar refractivity (Wildman–Crippen MR) is 80.8 cm³/mol. The molecule has 0 aromatic heterocycles. The van der Waals surface area contributed by atoms with Crippen LogP contribution >= 0.6 is 12.2 Å². The Hall–Kier alpha value is -1.42. The van der Waals surface area contributed by atoms with Crippen molar-refractivity contribution in [2.45, 2.75) is 38.6 Å². The van der Waals surface area contributed by atoms with Crippen molar-refractivity contribution >= 4 is 23.1 Å². The minimum atomic E-state index is 0.158. The van der Waals surface area contributed by atoms with E-state index in [0.717, 1.165) is 11.1 Å². The first-order valence-electron chi connectivity index (χ1n) is 6.80. The molecule has 1 fully saturated rings. The molecule has 19 heavy (non-hydrogen) atoms. The molecule has 1 amide bonds. The van der Waals surface area contributed by atoms with Crippen molar-refractivity contribution in [3.63, 3.8) is 0 Å². The summed E-state index contributed by atoms with van der Waals surface area (Å²) in [6.45, 7) is 0.573. The average Bonchev–Trinajstić information content (AvgIpc) is 2.89. The number of carbonyl (C=O) groups is 1. The van der Waals surface area contributed by atoms with E-state index in [2.05, 4.69) is 5.32 Å². The number of carbonyl (C=O) groups excluding carboxylic acids is 1. The van der Waals surface area contributed by atoms with Gasteiger partial charge in [0.2, 0.25) is 5.91 Å². The molecular formula is C15H20N2OS. The van der Waals surface area contributed by atoms with E-state index in [-0.39, 0.29) is 5.91 Å². The molecule has 0 spiro atoms. The highest BCUT2D eigenvalue weighted by Crippen LogP contribution is 2.27. The maximum Gasteiger partial charge on any atom is 0.220 e. The van der Waals surface area contributed by atoms with Crippen LogP contribution < -0.4 is 11.1 Å². The van der Waals surface area contributed by atoms with Gasteiger partial charge in [-0.05, 0) is 24.3 Å². The Morgan fingerprint density at radius 2 is 1.89 bits per heavy atom. The Bertz CT molecular complexity index is 450. The van der Waals surface area contributed by atoms with Crippen LogP contribution in [-0.2, 0) is 11.3 Å². The third-order valence-electron chi connectivity index (χ3n) is 3.68. The fourth-order valence-corrected chi connectivity index (χ4v) is 2.67. The highest BCUT2D eigenvalue weighted by Gasteiger charge is 2.17. The molecule has 0 radical (unpaired) electrons. The van der Waals surface area contributed by atoms with Gasteiger partial charge in [-0.1, -0.05) is 49.3 Å². The van der Waals surface area contributed by atoms with Gasteiger partial charge >= 0.3 is 0 Å². The molecule has 2 rings (SSSR count). The fourth-order valence-electron chi connectivity index (χ4n) is 2.54. The van der Waals surface area contributed by atoms with E-state index in [0.29, 0.717) is 23.9 Å². The highest BCUT2D eigenvalue weighted by molar-refractivity contribution is 7.80. The van der Waals surface area contributed by atoms with Crippen LogP contribution in [0, 0.1) is 5.92 Å². The molecule has 0 atom stereocenters. The van der Waals surface area contributed by atoms with Gasteiger partial charge in [0, 0.05) is 18.5 Å². The third-order valence-corrected chi connectivity index (χ3v) is 3.91. The van der Waals surface area contributed by atoms with Gasteiger partial charge in [0.15, 0.2) is 0 Å². The molecule has 1 aromatic carbocycles. The van der Waals surface area contributed by atoms with Gasteiger partial charge < -0.3 is 11.1 Å². The number of nitrogens with one attached hydrogen (secondary N) is 1. The molecule has 0 saturated heterocycles. The van der Waals surface area contributed by atoms with E-state index in [4.69, 9.17) is 18.0 Å². The molecular weight excluding hydrogens is 256 g/mol. The van der Waals surface area contributed by atoms with Gasteiger partial charge in [-0.2, -0.15) is 0 Å². The summed E-state index contributed by atoms with van der Waals surface area (Å²) in [5.41, 5.74) is 7.47. The second-order valence-corrected chi connectivity index (χ2v) is 5.63. The normalized spacial score (nSPS) is 15.4. The number of benzene rings is 1. The van der Waals surface area contributed by atoms with Gasteiger partial charge in [0.1, 0.15) is 4.99 Å². The molecule has 1 aliphatic carbocycles. The van der Waals surface area contributed by atoms with Gasteiger partial charge in [0.25, 0.3) is 0 Å². The van der Waals surface area contributed by atoms with E-state index in [1.807, 2.05) is 24.3 Å². The molecule has 0 heterocycles. The minimum absolute atomic E-state index is 0.158. The SMILES string of the molecule is NC(=S)c1ccc(CNC(=O)CC2CCCC2)cc1. The Balaban J connectivity index is 1.77. The average molecular weight is 276 g/mol. The lowest BCUT2D eigenvalue weighted by atomic mass is 10.0. The van der Waals surface area contributed by atoms with Crippen molar-refractivity contribution in [2.24, 2.45) is 11.7 Å². The number of hydrogen-bond donors (Lipinski definition) is 2. The van der Waals surface area contributed by atoms with E-state index < -0.39 is 0 Å². The first-order chi connectivity index (χ1) is 9.15. The zero-order valence-corrected chi connectivity index (χ0v) is 11.8. The Labute approximate surface area is 119 Å². The summed E-state index contributed by atoms with van der Waals surface area (Å²) in [5.74, 6) is 0.752. The molecule has 1 aliphatic rings. The summed E-state index contributed by atoms with van der Waals surface area (Å²) < 4.78 is 0. The molecule has 1 saturated carbocycles. The lowest BCUT2D eigenvalue weighted by Gasteiger charge is -2.10. The van der Waals surface area contributed by atoms with Crippen LogP contribution in [-0.4, -0.2) is 10.9 Å². The number of rotatable bonds is 5.